The van der Waals surface area contributed by atoms with Crippen LogP contribution in [0.25, 0.3) is 0 Å². The molecule has 0 aromatic carbocycles. The first-order valence-electron chi connectivity index (χ1n) is 4.65. The Hall–Kier alpha value is -1.04. The van der Waals surface area contributed by atoms with E-state index in [1.54, 1.807) is 0 Å². The highest BCUT2D eigenvalue weighted by Crippen LogP contribution is 2.27. The van der Waals surface area contributed by atoms with E-state index in [4.69, 9.17) is 0 Å². The first-order chi connectivity index (χ1) is 6.89. The molecular formula is C9H14F3N3. The van der Waals surface area contributed by atoms with E-state index >= 15 is 0 Å². The van der Waals surface area contributed by atoms with Crippen molar-refractivity contribution in [1.82, 2.24) is 14.7 Å². The van der Waals surface area contributed by atoms with Crippen molar-refractivity contribution in [1.29, 1.82) is 0 Å². The van der Waals surface area contributed by atoms with Crippen LogP contribution < -0.4 is 0 Å². The number of halogens is 3. The van der Waals surface area contributed by atoms with Crippen LogP contribution >= 0.6 is 0 Å². The van der Waals surface area contributed by atoms with Gasteiger partial charge >= 0.3 is 6.18 Å². The van der Waals surface area contributed by atoms with Crippen molar-refractivity contribution in [3.8, 4) is 0 Å². The van der Waals surface area contributed by atoms with Crippen molar-refractivity contribution in [2.45, 2.75) is 19.1 Å². The molecule has 0 fully saturated rings. The number of rotatable bonds is 4. The van der Waals surface area contributed by atoms with Crippen LogP contribution in [-0.2, 0) is 12.7 Å². The lowest BCUT2D eigenvalue weighted by Gasteiger charge is -2.08. The molecule has 86 valence electrons. The van der Waals surface area contributed by atoms with Gasteiger partial charge in [0.15, 0.2) is 5.69 Å². The monoisotopic (exact) mass is 221 g/mol. The number of alkyl halides is 3. The third kappa shape index (κ3) is 3.91. The predicted octanol–water partition coefficient (Wildman–Crippen LogP) is 1.85. The summed E-state index contributed by atoms with van der Waals surface area (Å²) < 4.78 is 37.8. The molecule has 15 heavy (non-hydrogen) atoms. The molecule has 0 saturated heterocycles. The second-order valence-corrected chi connectivity index (χ2v) is 3.62. The minimum Gasteiger partial charge on any atom is -0.309 e. The van der Waals surface area contributed by atoms with Crippen molar-refractivity contribution in [2.24, 2.45) is 0 Å². The van der Waals surface area contributed by atoms with Crippen LogP contribution in [0.4, 0.5) is 13.2 Å². The van der Waals surface area contributed by atoms with E-state index in [1.807, 2.05) is 19.0 Å². The van der Waals surface area contributed by atoms with Gasteiger partial charge in [-0.1, -0.05) is 0 Å². The molecule has 1 aromatic heterocycles. The normalized spacial score (nSPS) is 12.4. The SMILES string of the molecule is CN(C)CCCn1ccc(C(F)(F)F)n1. The van der Waals surface area contributed by atoms with Crippen LogP contribution in [0.3, 0.4) is 0 Å². The third-order valence-corrected chi connectivity index (χ3v) is 1.92. The fraction of sp³-hybridized carbons (Fsp3) is 0.667. The number of hydrogen-bond donors (Lipinski definition) is 0. The zero-order valence-electron chi connectivity index (χ0n) is 8.75. The Morgan fingerprint density at radius 3 is 2.53 bits per heavy atom. The number of hydrogen-bond acceptors (Lipinski definition) is 2. The van der Waals surface area contributed by atoms with Crippen LogP contribution in [0.2, 0.25) is 0 Å². The topological polar surface area (TPSA) is 21.1 Å². The maximum Gasteiger partial charge on any atom is 0.435 e. The van der Waals surface area contributed by atoms with Crippen LogP contribution in [0.15, 0.2) is 12.3 Å². The first kappa shape index (κ1) is 12.0. The average molecular weight is 221 g/mol. The summed E-state index contributed by atoms with van der Waals surface area (Å²) in [6.45, 7) is 1.34. The summed E-state index contributed by atoms with van der Waals surface area (Å²) >= 11 is 0. The highest BCUT2D eigenvalue weighted by molar-refractivity contribution is 5.03. The molecular weight excluding hydrogens is 207 g/mol. The van der Waals surface area contributed by atoms with E-state index in [9.17, 15) is 13.2 Å². The van der Waals surface area contributed by atoms with Crippen LogP contribution in [0.1, 0.15) is 12.1 Å². The van der Waals surface area contributed by atoms with Gasteiger partial charge in [-0.2, -0.15) is 18.3 Å². The Bertz CT molecular complexity index is 304. The van der Waals surface area contributed by atoms with E-state index in [-0.39, 0.29) is 0 Å². The fourth-order valence-electron chi connectivity index (χ4n) is 1.19. The van der Waals surface area contributed by atoms with Gasteiger partial charge in [0.1, 0.15) is 0 Å². The quantitative estimate of drug-likeness (QED) is 0.773. The summed E-state index contributed by atoms with van der Waals surface area (Å²) in [5, 5.41) is 3.45. The Kier molecular flexibility index (Phi) is 3.73. The molecule has 0 atom stereocenters. The molecule has 6 heteroatoms. The predicted molar refractivity (Wildman–Crippen MR) is 50.4 cm³/mol. The van der Waals surface area contributed by atoms with E-state index in [0.29, 0.717) is 6.54 Å². The van der Waals surface area contributed by atoms with Gasteiger partial charge in [-0.25, -0.2) is 0 Å². The highest BCUT2D eigenvalue weighted by Gasteiger charge is 2.33. The van der Waals surface area contributed by atoms with E-state index in [0.717, 1.165) is 19.0 Å². The van der Waals surface area contributed by atoms with Crippen molar-refractivity contribution in [2.75, 3.05) is 20.6 Å². The second kappa shape index (κ2) is 4.65. The van der Waals surface area contributed by atoms with Crippen molar-refractivity contribution >= 4 is 0 Å². The Morgan fingerprint density at radius 2 is 2.07 bits per heavy atom. The standard InChI is InChI=1S/C9H14F3N3/c1-14(2)5-3-6-15-7-4-8(13-15)9(10,11)12/h4,7H,3,5-6H2,1-2H3. The molecule has 0 spiro atoms. The van der Waals surface area contributed by atoms with Gasteiger partial charge in [0.05, 0.1) is 0 Å². The summed E-state index contributed by atoms with van der Waals surface area (Å²) in [4.78, 5) is 1.98. The molecule has 0 radical (unpaired) electrons. The molecule has 0 amide bonds. The summed E-state index contributed by atoms with van der Waals surface area (Å²) in [5.74, 6) is 0. The second-order valence-electron chi connectivity index (χ2n) is 3.62. The van der Waals surface area contributed by atoms with Crippen LogP contribution in [-0.4, -0.2) is 35.3 Å². The van der Waals surface area contributed by atoms with Gasteiger partial charge in [0, 0.05) is 12.7 Å². The minimum absolute atomic E-state index is 0.508. The summed E-state index contributed by atoms with van der Waals surface area (Å²) in [5.41, 5.74) is -0.827. The number of aryl methyl sites for hydroxylation is 1. The molecule has 1 heterocycles. The molecule has 1 aromatic rings. The largest absolute Gasteiger partial charge is 0.435 e. The lowest BCUT2D eigenvalue weighted by molar-refractivity contribution is -0.141. The van der Waals surface area contributed by atoms with E-state index < -0.39 is 11.9 Å². The lowest BCUT2D eigenvalue weighted by atomic mass is 10.4. The maximum absolute atomic E-state index is 12.2. The Labute approximate surface area is 86.5 Å². The Balaban J connectivity index is 2.47. The lowest BCUT2D eigenvalue weighted by Crippen LogP contribution is -2.15. The molecule has 0 aliphatic carbocycles. The number of nitrogens with zero attached hydrogens (tertiary/aromatic N) is 3. The van der Waals surface area contributed by atoms with Gasteiger partial charge in [0.2, 0.25) is 0 Å². The average Bonchev–Trinajstić information content (AvgIpc) is 2.51. The first-order valence-corrected chi connectivity index (χ1v) is 4.65. The molecule has 1 rings (SSSR count). The van der Waals surface area contributed by atoms with Crippen molar-refractivity contribution in [3.05, 3.63) is 18.0 Å². The van der Waals surface area contributed by atoms with Crippen molar-refractivity contribution < 1.29 is 13.2 Å². The number of aromatic nitrogens is 2. The molecule has 0 bridgehead atoms. The van der Waals surface area contributed by atoms with E-state index in [2.05, 4.69) is 5.10 Å². The Morgan fingerprint density at radius 1 is 1.40 bits per heavy atom. The molecule has 0 aliphatic rings. The molecule has 0 aliphatic heterocycles. The fourth-order valence-corrected chi connectivity index (χ4v) is 1.19. The maximum atomic E-state index is 12.2. The highest BCUT2D eigenvalue weighted by atomic mass is 19.4. The van der Waals surface area contributed by atoms with E-state index in [1.165, 1.54) is 10.9 Å². The molecule has 0 saturated carbocycles. The smallest absolute Gasteiger partial charge is 0.309 e. The van der Waals surface area contributed by atoms with Crippen LogP contribution in [0.5, 0.6) is 0 Å². The van der Waals surface area contributed by atoms with Gasteiger partial charge in [-0.3, -0.25) is 4.68 Å². The third-order valence-electron chi connectivity index (χ3n) is 1.92. The molecule has 0 unspecified atom stereocenters. The van der Waals surface area contributed by atoms with Crippen LogP contribution in [0, 0.1) is 0 Å². The van der Waals surface area contributed by atoms with Gasteiger partial charge in [-0.05, 0) is 33.1 Å². The zero-order chi connectivity index (χ0) is 11.5. The minimum atomic E-state index is -4.34. The zero-order valence-corrected chi connectivity index (χ0v) is 8.75. The summed E-state index contributed by atoms with van der Waals surface area (Å²) in [7, 11) is 3.84. The summed E-state index contributed by atoms with van der Waals surface area (Å²) in [6.07, 6.45) is -2.20. The van der Waals surface area contributed by atoms with Crippen molar-refractivity contribution in [3.63, 3.8) is 0 Å². The molecule has 0 N–H and O–H groups in total. The van der Waals surface area contributed by atoms with Gasteiger partial charge in [0.25, 0.3) is 0 Å². The van der Waals surface area contributed by atoms with Gasteiger partial charge in [-0.15, -0.1) is 0 Å². The summed E-state index contributed by atoms with van der Waals surface area (Å²) in [6, 6.07) is 0.996. The molecule has 3 nitrogen and oxygen atoms in total. The van der Waals surface area contributed by atoms with Gasteiger partial charge < -0.3 is 4.90 Å².